The molecule has 2 aliphatic heterocycles. The van der Waals surface area contributed by atoms with Gasteiger partial charge in [0.15, 0.2) is 0 Å². The van der Waals surface area contributed by atoms with Gasteiger partial charge in [0.25, 0.3) is 0 Å². The Morgan fingerprint density at radius 1 is 1.58 bits per heavy atom. The lowest BCUT2D eigenvalue weighted by molar-refractivity contribution is -0.129. The third-order valence-electron chi connectivity index (χ3n) is 2.80. The molecule has 2 heteroatoms. The van der Waals surface area contributed by atoms with Crippen LogP contribution in [0.5, 0.6) is 0 Å². The van der Waals surface area contributed by atoms with E-state index in [-0.39, 0.29) is 0 Å². The van der Waals surface area contributed by atoms with Crippen LogP contribution in [0.3, 0.4) is 0 Å². The highest BCUT2D eigenvalue weighted by molar-refractivity contribution is 5.80. The highest BCUT2D eigenvalue weighted by Gasteiger charge is 2.36. The van der Waals surface area contributed by atoms with Gasteiger partial charge in [-0.1, -0.05) is 25.5 Å². The van der Waals surface area contributed by atoms with Crippen molar-refractivity contribution in [1.82, 2.24) is 4.90 Å². The monoisotopic (exact) mass is 165 g/mol. The highest BCUT2D eigenvalue weighted by atomic mass is 16.2. The van der Waals surface area contributed by atoms with Crippen molar-refractivity contribution >= 4 is 5.91 Å². The van der Waals surface area contributed by atoms with E-state index in [2.05, 4.69) is 24.0 Å². The second-order valence-electron chi connectivity index (χ2n) is 3.65. The van der Waals surface area contributed by atoms with Crippen molar-refractivity contribution < 1.29 is 4.79 Å². The standard InChI is InChI=1S/C10H15NO/c1-2-3-8-4-5-9-6-7-10(12)11(8)9/h4-5,8-9H,2-3,6-7H2,1H3/t8?,9-/m1/s1. The van der Waals surface area contributed by atoms with Crippen LogP contribution in [0.2, 0.25) is 0 Å². The summed E-state index contributed by atoms with van der Waals surface area (Å²) in [5.41, 5.74) is 0. The highest BCUT2D eigenvalue weighted by Crippen LogP contribution is 2.29. The first-order valence-corrected chi connectivity index (χ1v) is 4.82. The molecule has 0 radical (unpaired) electrons. The van der Waals surface area contributed by atoms with Crippen molar-refractivity contribution in [2.75, 3.05) is 0 Å². The number of hydrogen-bond donors (Lipinski definition) is 0. The molecule has 12 heavy (non-hydrogen) atoms. The lowest BCUT2D eigenvalue weighted by Gasteiger charge is -2.23. The average molecular weight is 165 g/mol. The molecule has 1 fully saturated rings. The van der Waals surface area contributed by atoms with Gasteiger partial charge in [-0.15, -0.1) is 0 Å². The normalized spacial score (nSPS) is 33.1. The Hall–Kier alpha value is -0.790. The van der Waals surface area contributed by atoms with E-state index in [1.807, 2.05) is 0 Å². The SMILES string of the molecule is CCCC1C=C[C@@H]2CCC(=O)N12. The summed E-state index contributed by atoms with van der Waals surface area (Å²) >= 11 is 0. The molecule has 2 nitrogen and oxygen atoms in total. The van der Waals surface area contributed by atoms with Crippen LogP contribution in [-0.2, 0) is 4.79 Å². The molecule has 66 valence electrons. The Balaban J connectivity index is 2.09. The van der Waals surface area contributed by atoms with Crippen LogP contribution in [0.1, 0.15) is 32.6 Å². The quantitative estimate of drug-likeness (QED) is 0.570. The minimum absolute atomic E-state index is 0.350. The molecule has 1 saturated heterocycles. The van der Waals surface area contributed by atoms with E-state index in [9.17, 15) is 4.79 Å². The van der Waals surface area contributed by atoms with Crippen LogP contribution in [-0.4, -0.2) is 22.9 Å². The molecule has 0 aromatic heterocycles. The van der Waals surface area contributed by atoms with Gasteiger partial charge in [-0.2, -0.15) is 0 Å². The molecule has 2 atom stereocenters. The summed E-state index contributed by atoms with van der Waals surface area (Å²) in [6.45, 7) is 2.17. The molecule has 0 saturated carbocycles. The first kappa shape index (κ1) is 7.84. The van der Waals surface area contributed by atoms with E-state index in [0.29, 0.717) is 18.0 Å². The lowest BCUT2D eigenvalue weighted by Crippen LogP contribution is -2.35. The van der Waals surface area contributed by atoms with Gasteiger partial charge >= 0.3 is 0 Å². The minimum Gasteiger partial charge on any atom is -0.330 e. The number of fused-ring (bicyclic) bond motifs is 1. The first-order valence-electron chi connectivity index (χ1n) is 4.82. The second-order valence-corrected chi connectivity index (χ2v) is 3.65. The van der Waals surface area contributed by atoms with Crippen molar-refractivity contribution in [3.63, 3.8) is 0 Å². The molecule has 0 spiro atoms. The number of carbonyl (C=O) groups is 1. The van der Waals surface area contributed by atoms with Gasteiger partial charge in [-0.05, 0) is 12.8 Å². The number of rotatable bonds is 2. The van der Waals surface area contributed by atoms with Crippen LogP contribution in [0.4, 0.5) is 0 Å². The summed E-state index contributed by atoms with van der Waals surface area (Å²) in [5.74, 6) is 0.350. The summed E-state index contributed by atoms with van der Waals surface area (Å²) in [5, 5.41) is 0. The van der Waals surface area contributed by atoms with Crippen LogP contribution in [0.15, 0.2) is 12.2 Å². The maximum Gasteiger partial charge on any atom is 0.223 e. The zero-order valence-electron chi connectivity index (χ0n) is 7.49. The van der Waals surface area contributed by atoms with Gasteiger partial charge in [0.2, 0.25) is 5.91 Å². The largest absolute Gasteiger partial charge is 0.330 e. The molecule has 1 amide bonds. The predicted molar refractivity (Wildman–Crippen MR) is 47.7 cm³/mol. The number of amides is 1. The van der Waals surface area contributed by atoms with Gasteiger partial charge in [0.05, 0.1) is 12.1 Å². The summed E-state index contributed by atoms with van der Waals surface area (Å²) in [6, 6.07) is 0.851. The van der Waals surface area contributed by atoms with Crippen LogP contribution in [0, 0.1) is 0 Å². The molecule has 0 aromatic rings. The molecular formula is C10H15NO. The molecule has 2 aliphatic rings. The Bertz CT molecular complexity index is 222. The fourth-order valence-electron chi connectivity index (χ4n) is 2.22. The third-order valence-corrected chi connectivity index (χ3v) is 2.80. The predicted octanol–water partition coefficient (Wildman–Crippen LogP) is 1.72. The maximum atomic E-state index is 11.4. The van der Waals surface area contributed by atoms with E-state index >= 15 is 0 Å². The topological polar surface area (TPSA) is 20.3 Å². The van der Waals surface area contributed by atoms with Crippen molar-refractivity contribution in [3.8, 4) is 0 Å². The Morgan fingerprint density at radius 3 is 3.17 bits per heavy atom. The van der Waals surface area contributed by atoms with E-state index in [1.54, 1.807) is 0 Å². The Labute approximate surface area is 73.2 Å². The van der Waals surface area contributed by atoms with E-state index < -0.39 is 0 Å². The summed E-state index contributed by atoms with van der Waals surface area (Å²) in [6.07, 6.45) is 8.48. The number of nitrogens with zero attached hydrogens (tertiary/aromatic N) is 1. The van der Waals surface area contributed by atoms with Crippen molar-refractivity contribution in [1.29, 1.82) is 0 Å². The van der Waals surface area contributed by atoms with Gasteiger partial charge in [0, 0.05) is 6.42 Å². The average Bonchev–Trinajstić information content (AvgIpc) is 2.58. The fraction of sp³-hybridized carbons (Fsp3) is 0.700. The van der Waals surface area contributed by atoms with Crippen LogP contribution < -0.4 is 0 Å². The van der Waals surface area contributed by atoms with Gasteiger partial charge in [0.1, 0.15) is 0 Å². The maximum absolute atomic E-state index is 11.4. The van der Waals surface area contributed by atoms with E-state index in [0.717, 1.165) is 25.7 Å². The second kappa shape index (κ2) is 2.92. The lowest BCUT2D eigenvalue weighted by atomic mass is 10.1. The minimum atomic E-state index is 0.350. The number of carbonyl (C=O) groups excluding carboxylic acids is 1. The molecule has 0 N–H and O–H groups in total. The smallest absolute Gasteiger partial charge is 0.223 e. The van der Waals surface area contributed by atoms with Gasteiger partial charge < -0.3 is 4.90 Å². The van der Waals surface area contributed by atoms with Crippen molar-refractivity contribution in [2.45, 2.75) is 44.7 Å². The molecule has 2 rings (SSSR count). The van der Waals surface area contributed by atoms with Crippen molar-refractivity contribution in [2.24, 2.45) is 0 Å². The summed E-state index contributed by atoms with van der Waals surface area (Å²) < 4.78 is 0. The molecular weight excluding hydrogens is 150 g/mol. The summed E-state index contributed by atoms with van der Waals surface area (Å²) in [7, 11) is 0. The molecule has 0 aliphatic carbocycles. The molecule has 1 unspecified atom stereocenters. The molecule has 2 heterocycles. The molecule has 0 aromatic carbocycles. The number of hydrogen-bond acceptors (Lipinski definition) is 1. The third kappa shape index (κ3) is 1.06. The fourth-order valence-corrected chi connectivity index (χ4v) is 2.22. The van der Waals surface area contributed by atoms with E-state index in [4.69, 9.17) is 0 Å². The van der Waals surface area contributed by atoms with Gasteiger partial charge in [-0.25, -0.2) is 0 Å². The molecule has 0 bridgehead atoms. The van der Waals surface area contributed by atoms with E-state index in [1.165, 1.54) is 0 Å². The zero-order chi connectivity index (χ0) is 8.55. The van der Waals surface area contributed by atoms with Crippen LogP contribution >= 0.6 is 0 Å². The van der Waals surface area contributed by atoms with Gasteiger partial charge in [-0.3, -0.25) is 4.79 Å². The van der Waals surface area contributed by atoms with Crippen molar-refractivity contribution in [3.05, 3.63) is 12.2 Å². The Morgan fingerprint density at radius 2 is 2.42 bits per heavy atom. The summed E-state index contributed by atoms with van der Waals surface area (Å²) in [4.78, 5) is 13.5. The first-order chi connectivity index (χ1) is 5.83. The zero-order valence-corrected chi connectivity index (χ0v) is 7.49. The van der Waals surface area contributed by atoms with Crippen LogP contribution in [0.25, 0.3) is 0 Å². The Kier molecular flexibility index (Phi) is 1.91.